The second-order valence-corrected chi connectivity index (χ2v) is 6.37. The summed E-state index contributed by atoms with van der Waals surface area (Å²) in [7, 11) is 1.56. The normalized spacial score (nSPS) is 10.7. The van der Waals surface area contributed by atoms with Crippen LogP contribution in [0.2, 0.25) is 10.0 Å². The van der Waals surface area contributed by atoms with Gasteiger partial charge in [0.2, 0.25) is 5.95 Å². The molecule has 2 aromatic rings. The Morgan fingerprint density at radius 3 is 2.62 bits per heavy atom. The van der Waals surface area contributed by atoms with Crippen LogP contribution in [0.4, 0.5) is 10.2 Å². The number of methoxy groups -OCH3 is 1. The Bertz CT molecular complexity index is 831. The highest BCUT2D eigenvalue weighted by Crippen LogP contribution is 2.42. The Morgan fingerprint density at radius 2 is 2.04 bits per heavy atom. The number of nitrogens with one attached hydrogen (secondary N) is 1. The van der Waals surface area contributed by atoms with Gasteiger partial charge in [0.05, 0.1) is 7.11 Å². The molecule has 6 nitrogen and oxygen atoms in total. The molecule has 2 rings (SSSR count). The molecule has 0 amide bonds. The number of halogens is 3. The summed E-state index contributed by atoms with van der Waals surface area (Å²) >= 11 is 12.1. The molecule has 1 aromatic carbocycles. The summed E-state index contributed by atoms with van der Waals surface area (Å²) in [6.45, 7) is 3.48. The van der Waals surface area contributed by atoms with Crippen molar-refractivity contribution in [1.82, 2.24) is 4.98 Å². The summed E-state index contributed by atoms with van der Waals surface area (Å²) in [6, 6.07) is 5.08. The van der Waals surface area contributed by atoms with Gasteiger partial charge in [0.15, 0.2) is 11.6 Å². The predicted octanol–water partition coefficient (Wildman–Crippen LogP) is 4.95. The fourth-order valence-electron chi connectivity index (χ4n) is 2.20. The van der Waals surface area contributed by atoms with Gasteiger partial charge < -0.3 is 19.9 Å². The molecule has 140 valence electrons. The van der Waals surface area contributed by atoms with Crippen LogP contribution in [-0.4, -0.2) is 29.7 Å². The molecule has 9 heteroatoms. The van der Waals surface area contributed by atoms with E-state index in [4.69, 9.17) is 37.8 Å². The minimum atomic E-state index is -1.16. The van der Waals surface area contributed by atoms with E-state index >= 15 is 0 Å². The number of nitrogens with zero attached hydrogens (tertiary/aromatic N) is 1. The van der Waals surface area contributed by atoms with Gasteiger partial charge in [-0.05, 0) is 24.1 Å². The van der Waals surface area contributed by atoms with Crippen molar-refractivity contribution >= 4 is 35.0 Å². The number of aromatic nitrogens is 1. The fraction of sp³-hybridized carbons (Fsp3) is 0.294. The number of carboxylic acids is 1. The van der Waals surface area contributed by atoms with Crippen LogP contribution in [0.1, 0.15) is 25.3 Å². The standard InChI is InChI=1S/C17H17Cl2FN2O4/c1-8(2)10-6-9(4-5-11(10)25-3)26-15-13(18)16(20)22-17(14(15)19)21-7-12(23)24/h4-6,8H,7H2,1-3H3,(H,21,22)(H,23,24). The number of hydrogen-bond donors (Lipinski definition) is 2. The van der Waals surface area contributed by atoms with Crippen LogP contribution in [-0.2, 0) is 4.79 Å². The zero-order valence-electron chi connectivity index (χ0n) is 14.3. The molecule has 0 fully saturated rings. The van der Waals surface area contributed by atoms with Crippen molar-refractivity contribution in [2.75, 3.05) is 19.0 Å². The van der Waals surface area contributed by atoms with E-state index in [1.165, 1.54) is 0 Å². The minimum absolute atomic E-state index is 0.125. The summed E-state index contributed by atoms with van der Waals surface area (Å²) in [5.74, 6) is -1.31. The zero-order valence-corrected chi connectivity index (χ0v) is 15.8. The van der Waals surface area contributed by atoms with Crippen LogP contribution in [0, 0.1) is 5.95 Å². The number of anilines is 1. The molecule has 0 aliphatic rings. The van der Waals surface area contributed by atoms with Crippen molar-refractivity contribution in [3.63, 3.8) is 0 Å². The van der Waals surface area contributed by atoms with Gasteiger partial charge in [-0.15, -0.1) is 0 Å². The minimum Gasteiger partial charge on any atom is -0.496 e. The van der Waals surface area contributed by atoms with Gasteiger partial charge in [-0.25, -0.2) is 0 Å². The number of hydrogen-bond acceptors (Lipinski definition) is 5. The third-order valence-electron chi connectivity index (χ3n) is 3.45. The maximum atomic E-state index is 14.0. The van der Waals surface area contributed by atoms with Crippen molar-refractivity contribution in [1.29, 1.82) is 0 Å². The van der Waals surface area contributed by atoms with Crippen molar-refractivity contribution in [2.45, 2.75) is 19.8 Å². The number of rotatable bonds is 7. The van der Waals surface area contributed by atoms with Crippen LogP contribution in [0.5, 0.6) is 17.2 Å². The predicted molar refractivity (Wildman–Crippen MR) is 97.5 cm³/mol. The van der Waals surface area contributed by atoms with Crippen LogP contribution < -0.4 is 14.8 Å². The summed E-state index contributed by atoms with van der Waals surface area (Å²) < 4.78 is 25.0. The highest BCUT2D eigenvalue weighted by molar-refractivity contribution is 6.38. The quantitative estimate of drug-likeness (QED) is 0.637. The van der Waals surface area contributed by atoms with E-state index in [2.05, 4.69) is 10.3 Å². The number of aliphatic carboxylic acids is 1. The molecule has 0 saturated carbocycles. The third kappa shape index (κ3) is 4.47. The van der Waals surface area contributed by atoms with Crippen molar-refractivity contribution in [3.05, 3.63) is 39.8 Å². The average Bonchev–Trinajstić information content (AvgIpc) is 2.60. The summed E-state index contributed by atoms with van der Waals surface area (Å²) in [5.41, 5.74) is 0.885. The lowest BCUT2D eigenvalue weighted by Gasteiger charge is -2.16. The first kappa shape index (κ1) is 20.1. The van der Waals surface area contributed by atoms with Crippen molar-refractivity contribution in [2.24, 2.45) is 0 Å². The number of ether oxygens (including phenoxy) is 2. The Morgan fingerprint density at radius 1 is 1.35 bits per heavy atom. The van der Waals surface area contributed by atoms with E-state index in [0.717, 1.165) is 5.56 Å². The molecule has 2 N–H and O–H groups in total. The van der Waals surface area contributed by atoms with E-state index < -0.39 is 23.5 Å². The molecule has 0 aliphatic heterocycles. The van der Waals surface area contributed by atoms with Gasteiger partial charge in [-0.1, -0.05) is 37.0 Å². The Balaban J connectivity index is 2.42. The monoisotopic (exact) mass is 402 g/mol. The molecule has 1 aromatic heterocycles. The van der Waals surface area contributed by atoms with Gasteiger partial charge in [0, 0.05) is 5.56 Å². The molecule has 26 heavy (non-hydrogen) atoms. The van der Waals surface area contributed by atoms with Gasteiger partial charge in [0.1, 0.15) is 28.1 Å². The van der Waals surface area contributed by atoms with Crippen molar-refractivity contribution < 1.29 is 23.8 Å². The smallest absolute Gasteiger partial charge is 0.322 e. The maximum Gasteiger partial charge on any atom is 0.322 e. The maximum absolute atomic E-state index is 14.0. The first-order chi connectivity index (χ1) is 12.2. The molecule has 0 saturated heterocycles. The Labute approximate surface area is 159 Å². The summed E-state index contributed by atoms with van der Waals surface area (Å²) in [5, 5.41) is 10.6. The van der Waals surface area contributed by atoms with Crippen molar-refractivity contribution in [3.8, 4) is 17.2 Å². The second-order valence-electron chi connectivity index (χ2n) is 5.62. The molecular weight excluding hydrogens is 386 g/mol. The fourth-order valence-corrected chi connectivity index (χ4v) is 2.67. The molecule has 0 bridgehead atoms. The topological polar surface area (TPSA) is 80.7 Å². The molecule has 0 spiro atoms. The lowest BCUT2D eigenvalue weighted by Crippen LogP contribution is -2.14. The Kier molecular flexibility index (Phi) is 6.50. The summed E-state index contributed by atoms with van der Waals surface area (Å²) in [4.78, 5) is 14.2. The van der Waals surface area contributed by atoms with E-state index in [1.807, 2.05) is 13.8 Å². The van der Waals surface area contributed by atoms with E-state index in [1.54, 1.807) is 25.3 Å². The second kappa shape index (κ2) is 8.42. The number of carboxylic acid groups (broad SMARTS) is 1. The van der Waals surface area contributed by atoms with Crippen LogP contribution in [0.15, 0.2) is 18.2 Å². The van der Waals surface area contributed by atoms with E-state index in [9.17, 15) is 9.18 Å². The molecule has 0 unspecified atom stereocenters. The van der Waals surface area contributed by atoms with E-state index in [-0.39, 0.29) is 22.5 Å². The summed E-state index contributed by atoms with van der Waals surface area (Å²) in [6.07, 6.45) is 0. The van der Waals surface area contributed by atoms with Crippen LogP contribution in [0.25, 0.3) is 0 Å². The largest absolute Gasteiger partial charge is 0.496 e. The Hall–Kier alpha value is -2.25. The lowest BCUT2D eigenvalue weighted by molar-refractivity contribution is -0.134. The van der Waals surface area contributed by atoms with Gasteiger partial charge in [-0.3, -0.25) is 4.79 Å². The molecule has 0 aliphatic carbocycles. The lowest BCUT2D eigenvalue weighted by atomic mass is 10.0. The third-order valence-corrected chi connectivity index (χ3v) is 4.13. The highest BCUT2D eigenvalue weighted by Gasteiger charge is 2.21. The molecular formula is C17H17Cl2FN2O4. The average molecular weight is 403 g/mol. The van der Waals surface area contributed by atoms with Gasteiger partial charge in [-0.2, -0.15) is 9.37 Å². The molecule has 0 atom stereocenters. The number of carbonyl (C=O) groups is 1. The first-order valence-corrected chi connectivity index (χ1v) is 8.36. The SMILES string of the molecule is COc1ccc(Oc2c(Cl)c(F)nc(NCC(=O)O)c2Cl)cc1C(C)C. The zero-order chi connectivity index (χ0) is 19.4. The molecule has 0 radical (unpaired) electrons. The van der Waals surface area contributed by atoms with Gasteiger partial charge >= 0.3 is 5.97 Å². The number of benzene rings is 1. The highest BCUT2D eigenvalue weighted by atomic mass is 35.5. The number of pyridine rings is 1. The first-order valence-electron chi connectivity index (χ1n) is 7.60. The van der Waals surface area contributed by atoms with E-state index in [0.29, 0.717) is 11.5 Å². The van der Waals surface area contributed by atoms with Gasteiger partial charge in [0.25, 0.3) is 0 Å². The molecule has 1 heterocycles. The van der Waals surface area contributed by atoms with Crippen LogP contribution >= 0.6 is 23.2 Å². The van der Waals surface area contributed by atoms with Crippen LogP contribution in [0.3, 0.4) is 0 Å².